The Morgan fingerprint density at radius 2 is 1.82 bits per heavy atom. The average Bonchev–Trinajstić information content (AvgIpc) is 3.21. The van der Waals surface area contributed by atoms with Gasteiger partial charge in [0.1, 0.15) is 11.5 Å². The van der Waals surface area contributed by atoms with Gasteiger partial charge in [0.25, 0.3) is 0 Å². The van der Waals surface area contributed by atoms with E-state index in [2.05, 4.69) is 4.98 Å². The molecule has 0 bridgehead atoms. The van der Waals surface area contributed by atoms with E-state index in [0.29, 0.717) is 34.5 Å². The van der Waals surface area contributed by atoms with Crippen LogP contribution in [-0.2, 0) is 22.4 Å². The second-order valence-corrected chi connectivity index (χ2v) is 8.44. The third kappa shape index (κ3) is 6.10. The van der Waals surface area contributed by atoms with Crippen LogP contribution < -0.4 is 14.4 Å². The molecular formula is C25H28N2O5S. The zero-order valence-electron chi connectivity index (χ0n) is 19.3. The van der Waals surface area contributed by atoms with E-state index in [-0.39, 0.29) is 24.6 Å². The molecule has 1 heterocycles. The minimum atomic E-state index is -0.482. The van der Waals surface area contributed by atoms with Crippen molar-refractivity contribution in [2.75, 3.05) is 32.3 Å². The number of ether oxygens (including phenoxy) is 3. The van der Waals surface area contributed by atoms with Gasteiger partial charge in [0.2, 0.25) is 5.91 Å². The number of carbonyl (C=O) groups is 2. The Kier molecular flexibility index (Phi) is 8.43. The number of thiazole rings is 1. The average molecular weight is 469 g/mol. The Labute approximate surface area is 197 Å². The largest absolute Gasteiger partial charge is 0.497 e. The van der Waals surface area contributed by atoms with Crippen LogP contribution in [0.15, 0.2) is 48.5 Å². The predicted octanol–water partition coefficient (Wildman–Crippen LogP) is 4.46. The molecule has 33 heavy (non-hydrogen) atoms. The molecule has 0 saturated heterocycles. The van der Waals surface area contributed by atoms with Crippen LogP contribution in [0.2, 0.25) is 0 Å². The number of hydrogen-bond acceptors (Lipinski definition) is 7. The molecule has 3 rings (SSSR count). The summed E-state index contributed by atoms with van der Waals surface area (Å²) in [5, 5.41) is 0.476. The Morgan fingerprint density at radius 1 is 1.06 bits per heavy atom. The van der Waals surface area contributed by atoms with E-state index in [4.69, 9.17) is 14.2 Å². The van der Waals surface area contributed by atoms with E-state index >= 15 is 0 Å². The van der Waals surface area contributed by atoms with Crippen molar-refractivity contribution in [2.24, 2.45) is 0 Å². The smallest absolute Gasteiger partial charge is 0.358 e. The highest BCUT2D eigenvalue weighted by Gasteiger charge is 2.25. The molecule has 1 amide bonds. The Morgan fingerprint density at radius 3 is 2.48 bits per heavy atom. The second-order valence-electron chi connectivity index (χ2n) is 7.26. The van der Waals surface area contributed by atoms with Gasteiger partial charge in [-0.2, -0.15) is 0 Å². The normalized spacial score (nSPS) is 10.5. The van der Waals surface area contributed by atoms with Gasteiger partial charge < -0.3 is 14.2 Å². The number of amides is 1. The molecule has 1 aromatic heterocycles. The summed E-state index contributed by atoms with van der Waals surface area (Å²) in [6.45, 7) is 4.24. The lowest BCUT2D eigenvalue weighted by molar-refractivity contribution is -0.118. The van der Waals surface area contributed by atoms with Crippen LogP contribution in [0.1, 0.15) is 33.4 Å². The first-order chi connectivity index (χ1) is 16.0. The fourth-order valence-electron chi connectivity index (χ4n) is 3.36. The fourth-order valence-corrected chi connectivity index (χ4v) is 4.30. The van der Waals surface area contributed by atoms with Crippen molar-refractivity contribution in [2.45, 2.75) is 26.7 Å². The molecule has 0 N–H and O–H groups in total. The van der Waals surface area contributed by atoms with Crippen LogP contribution >= 0.6 is 11.3 Å². The first-order valence-electron chi connectivity index (χ1n) is 10.7. The summed E-state index contributed by atoms with van der Waals surface area (Å²) < 4.78 is 15.8. The van der Waals surface area contributed by atoms with Crippen LogP contribution in [0, 0.1) is 6.92 Å². The molecule has 3 aromatic rings. The highest BCUT2D eigenvalue weighted by Crippen LogP contribution is 2.29. The summed E-state index contributed by atoms with van der Waals surface area (Å²) in [5.74, 6) is 0.607. The predicted molar refractivity (Wildman–Crippen MR) is 129 cm³/mol. The second kappa shape index (κ2) is 11.5. The number of hydrogen-bond donors (Lipinski definition) is 0. The van der Waals surface area contributed by atoms with Gasteiger partial charge in [-0.05, 0) is 31.9 Å². The van der Waals surface area contributed by atoms with E-state index in [1.165, 1.54) is 11.3 Å². The molecule has 0 aliphatic rings. The van der Waals surface area contributed by atoms with E-state index in [9.17, 15) is 9.59 Å². The molecule has 7 nitrogen and oxygen atoms in total. The van der Waals surface area contributed by atoms with Gasteiger partial charge in [0.05, 0.1) is 27.2 Å². The summed E-state index contributed by atoms with van der Waals surface area (Å²) in [4.78, 5) is 32.6. The molecule has 0 saturated carbocycles. The fraction of sp³-hybridized carbons (Fsp3) is 0.320. The molecule has 0 atom stereocenters. The third-order valence-corrected chi connectivity index (χ3v) is 6.08. The molecule has 0 unspecified atom stereocenters. The summed E-state index contributed by atoms with van der Waals surface area (Å²) in [6, 6.07) is 15.3. The Bertz CT molecular complexity index is 1100. The topological polar surface area (TPSA) is 78.0 Å². The monoisotopic (exact) mass is 468 g/mol. The first-order valence-corrected chi connectivity index (χ1v) is 11.5. The number of carbonyl (C=O) groups excluding carboxylic acids is 2. The van der Waals surface area contributed by atoms with Crippen molar-refractivity contribution < 1.29 is 23.8 Å². The zero-order chi connectivity index (χ0) is 23.8. The number of rotatable bonds is 10. The number of benzene rings is 2. The molecular weight excluding hydrogens is 440 g/mol. The molecule has 0 aliphatic carbocycles. The number of nitrogens with zero attached hydrogens (tertiary/aromatic N) is 2. The van der Waals surface area contributed by atoms with Crippen molar-refractivity contribution in [3.05, 3.63) is 70.2 Å². The number of esters is 1. The van der Waals surface area contributed by atoms with Crippen molar-refractivity contribution in [3.63, 3.8) is 0 Å². The van der Waals surface area contributed by atoms with Gasteiger partial charge in [0, 0.05) is 23.1 Å². The quantitative estimate of drug-likeness (QED) is 0.409. The van der Waals surface area contributed by atoms with E-state index in [1.54, 1.807) is 45.1 Å². The van der Waals surface area contributed by atoms with Gasteiger partial charge in [-0.15, -0.1) is 11.3 Å². The van der Waals surface area contributed by atoms with E-state index in [0.717, 1.165) is 11.1 Å². The van der Waals surface area contributed by atoms with Crippen LogP contribution in [0.5, 0.6) is 11.5 Å². The van der Waals surface area contributed by atoms with Crippen LogP contribution in [0.4, 0.5) is 5.13 Å². The summed E-state index contributed by atoms with van der Waals surface area (Å²) in [5.41, 5.74) is 2.10. The Hall–Kier alpha value is -3.39. The van der Waals surface area contributed by atoms with Crippen molar-refractivity contribution in [1.29, 1.82) is 0 Å². The lowest BCUT2D eigenvalue weighted by Crippen LogP contribution is -2.34. The highest BCUT2D eigenvalue weighted by molar-refractivity contribution is 7.16. The molecule has 0 aliphatic heterocycles. The van der Waals surface area contributed by atoms with Gasteiger partial charge >= 0.3 is 5.97 Å². The summed E-state index contributed by atoms with van der Waals surface area (Å²) in [6.07, 6.45) is 0.773. The van der Waals surface area contributed by atoms with Crippen molar-refractivity contribution in [1.82, 2.24) is 4.98 Å². The van der Waals surface area contributed by atoms with E-state index < -0.39 is 5.97 Å². The number of methoxy groups -OCH3 is 2. The van der Waals surface area contributed by atoms with Gasteiger partial charge in [-0.1, -0.05) is 36.4 Å². The maximum Gasteiger partial charge on any atom is 0.358 e. The molecule has 0 spiro atoms. The number of aryl methyl sites for hydroxylation is 1. The first kappa shape index (κ1) is 24.3. The molecule has 2 aromatic carbocycles. The highest BCUT2D eigenvalue weighted by atomic mass is 32.1. The lowest BCUT2D eigenvalue weighted by Gasteiger charge is -2.21. The minimum Gasteiger partial charge on any atom is -0.497 e. The van der Waals surface area contributed by atoms with Crippen molar-refractivity contribution in [3.8, 4) is 11.5 Å². The standard InChI is InChI=1S/C25H28N2O5S/c1-5-32-24(29)23-17(2)33-25(26-23)27(14-13-18-9-7-6-8-10-18)22(28)15-19-11-12-20(30-3)16-21(19)31-4/h6-12,16H,5,13-15H2,1-4H3. The Balaban J connectivity index is 1.89. The SMILES string of the molecule is CCOC(=O)c1nc(N(CCc2ccccc2)C(=O)Cc2ccc(OC)cc2OC)sc1C. The third-order valence-electron chi connectivity index (χ3n) is 5.09. The van der Waals surface area contributed by atoms with Gasteiger partial charge in [-0.25, -0.2) is 9.78 Å². The molecule has 0 radical (unpaired) electrons. The zero-order valence-corrected chi connectivity index (χ0v) is 20.1. The minimum absolute atomic E-state index is 0.120. The van der Waals surface area contributed by atoms with Crippen LogP contribution in [0.25, 0.3) is 0 Å². The van der Waals surface area contributed by atoms with Crippen LogP contribution in [-0.4, -0.2) is 44.2 Å². The number of anilines is 1. The van der Waals surface area contributed by atoms with E-state index in [1.807, 2.05) is 36.4 Å². The van der Waals surface area contributed by atoms with Crippen molar-refractivity contribution >= 4 is 28.3 Å². The molecule has 0 fully saturated rings. The summed E-state index contributed by atoms with van der Waals surface area (Å²) in [7, 11) is 3.14. The maximum absolute atomic E-state index is 13.5. The lowest BCUT2D eigenvalue weighted by atomic mass is 10.1. The maximum atomic E-state index is 13.5. The molecule has 8 heteroatoms. The molecule has 174 valence electrons. The summed E-state index contributed by atoms with van der Waals surface area (Å²) >= 11 is 1.31. The van der Waals surface area contributed by atoms with Gasteiger partial charge in [0.15, 0.2) is 10.8 Å². The number of aromatic nitrogens is 1. The van der Waals surface area contributed by atoms with Crippen LogP contribution in [0.3, 0.4) is 0 Å². The van der Waals surface area contributed by atoms with Gasteiger partial charge in [-0.3, -0.25) is 9.69 Å².